The Hall–Kier alpha value is -2.85. The van der Waals surface area contributed by atoms with Gasteiger partial charge in [-0.2, -0.15) is 0 Å². The number of sulfonamides is 1. The molecule has 0 saturated heterocycles. The fraction of sp³-hybridized carbons (Fsp3) is 0.300. The van der Waals surface area contributed by atoms with Crippen LogP contribution in [0.25, 0.3) is 10.2 Å². The summed E-state index contributed by atoms with van der Waals surface area (Å²) in [6.45, 7) is 1.84. The molecule has 10 heteroatoms. The highest BCUT2D eigenvalue weighted by atomic mass is 32.2. The van der Waals surface area contributed by atoms with Gasteiger partial charge in [-0.05, 0) is 48.9 Å². The van der Waals surface area contributed by atoms with E-state index in [2.05, 4.69) is 5.32 Å². The lowest BCUT2D eigenvalue weighted by Gasteiger charge is -2.19. The maximum atomic E-state index is 12.7. The average molecular weight is 450 g/mol. The van der Waals surface area contributed by atoms with E-state index in [0.717, 1.165) is 32.1 Å². The number of benzene rings is 2. The van der Waals surface area contributed by atoms with E-state index >= 15 is 0 Å². The van der Waals surface area contributed by atoms with Gasteiger partial charge in [0.25, 0.3) is 5.91 Å². The second-order valence-electron chi connectivity index (χ2n) is 6.84. The van der Waals surface area contributed by atoms with Crippen LogP contribution >= 0.6 is 11.3 Å². The van der Waals surface area contributed by atoms with Gasteiger partial charge in [0.05, 0.1) is 22.2 Å². The van der Waals surface area contributed by atoms with Crippen LogP contribution in [0.15, 0.2) is 47.3 Å². The van der Waals surface area contributed by atoms with Crippen molar-refractivity contribution >= 4 is 48.9 Å². The van der Waals surface area contributed by atoms with Gasteiger partial charge in [0, 0.05) is 19.8 Å². The fourth-order valence-corrected chi connectivity index (χ4v) is 4.27. The Balaban J connectivity index is 1.71. The number of carbonyl (C=O) groups excluding carboxylic acids is 1. The Bertz CT molecular complexity index is 1230. The molecule has 0 aliphatic rings. The zero-order valence-electron chi connectivity index (χ0n) is 17.1. The number of fused-ring (bicyclic) bond motifs is 1. The van der Waals surface area contributed by atoms with E-state index in [1.54, 1.807) is 54.1 Å². The number of ether oxygens (including phenoxy) is 1. The van der Waals surface area contributed by atoms with Crippen molar-refractivity contribution in [2.45, 2.75) is 19.4 Å². The number of thiazole rings is 1. The summed E-state index contributed by atoms with van der Waals surface area (Å²) in [5, 5.41) is 2.83. The predicted octanol–water partition coefficient (Wildman–Crippen LogP) is 2.79. The van der Waals surface area contributed by atoms with Gasteiger partial charge in [0.15, 0.2) is 6.10 Å². The minimum Gasteiger partial charge on any atom is -0.481 e. The summed E-state index contributed by atoms with van der Waals surface area (Å²) >= 11 is 1.12. The van der Waals surface area contributed by atoms with Crippen LogP contribution in [-0.4, -0.2) is 38.3 Å². The number of nitrogens with one attached hydrogen (secondary N) is 1. The molecule has 0 bridgehead atoms. The third-order valence-corrected chi connectivity index (χ3v) is 6.90. The number of anilines is 2. The van der Waals surface area contributed by atoms with Crippen LogP contribution < -0.4 is 19.2 Å². The zero-order valence-corrected chi connectivity index (χ0v) is 18.7. The molecule has 0 radical (unpaired) electrons. The standard InChI is InChI=1S/C20H23N3O5S2/c1-5-17(28-15-9-7-14(8-10-15)23(3)30(4,26)27)19(24)21-13-6-11-16-18(12-13)29-20(25)22(16)2/h6-12,17H,5H2,1-4H3,(H,21,24). The maximum Gasteiger partial charge on any atom is 0.307 e. The van der Waals surface area contributed by atoms with Gasteiger partial charge in [-0.15, -0.1) is 0 Å². The Morgan fingerprint density at radius 2 is 1.90 bits per heavy atom. The third kappa shape index (κ3) is 4.65. The van der Waals surface area contributed by atoms with Crippen LogP contribution in [0.1, 0.15) is 13.3 Å². The highest BCUT2D eigenvalue weighted by Crippen LogP contribution is 2.23. The van der Waals surface area contributed by atoms with Gasteiger partial charge in [0.1, 0.15) is 5.75 Å². The van der Waals surface area contributed by atoms with Crippen LogP contribution in [0.4, 0.5) is 11.4 Å². The van der Waals surface area contributed by atoms with Crippen molar-refractivity contribution in [3.63, 3.8) is 0 Å². The van der Waals surface area contributed by atoms with Crippen molar-refractivity contribution in [1.82, 2.24) is 4.57 Å². The van der Waals surface area contributed by atoms with Gasteiger partial charge in [0.2, 0.25) is 10.0 Å². The van der Waals surface area contributed by atoms with Crippen LogP contribution in [0.3, 0.4) is 0 Å². The van der Waals surface area contributed by atoms with E-state index in [4.69, 9.17) is 4.74 Å². The molecule has 0 aliphatic heterocycles. The molecule has 3 rings (SSSR count). The quantitative estimate of drug-likeness (QED) is 0.598. The van der Waals surface area contributed by atoms with E-state index in [1.165, 1.54) is 7.05 Å². The summed E-state index contributed by atoms with van der Waals surface area (Å²) in [5.41, 5.74) is 1.89. The Morgan fingerprint density at radius 1 is 1.23 bits per heavy atom. The molecular weight excluding hydrogens is 426 g/mol. The molecule has 0 saturated carbocycles. The Morgan fingerprint density at radius 3 is 2.50 bits per heavy atom. The molecule has 3 aromatic rings. The number of carbonyl (C=O) groups is 1. The molecule has 2 aromatic carbocycles. The topological polar surface area (TPSA) is 97.7 Å². The minimum absolute atomic E-state index is 0.0618. The summed E-state index contributed by atoms with van der Waals surface area (Å²) in [6, 6.07) is 11.8. The number of aromatic nitrogens is 1. The Kier molecular flexibility index (Phi) is 6.18. The third-order valence-electron chi connectivity index (χ3n) is 4.70. The van der Waals surface area contributed by atoms with Crippen LogP contribution in [0, 0.1) is 0 Å². The Labute approximate surface area is 178 Å². The predicted molar refractivity (Wildman–Crippen MR) is 120 cm³/mol. The summed E-state index contributed by atoms with van der Waals surface area (Å²) in [6.07, 6.45) is 0.839. The number of nitrogens with zero attached hydrogens (tertiary/aromatic N) is 2. The highest BCUT2D eigenvalue weighted by Gasteiger charge is 2.19. The molecule has 160 valence electrons. The molecule has 1 amide bonds. The van der Waals surface area contributed by atoms with Crippen molar-refractivity contribution in [3.8, 4) is 5.75 Å². The normalized spacial score (nSPS) is 12.5. The molecule has 0 spiro atoms. The van der Waals surface area contributed by atoms with Crippen molar-refractivity contribution in [3.05, 3.63) is 52.1 Å². The van der Waals surface area contributed by atoms with Gasteiger partial charge in [-0.25, -0.2) is 8.42 Å². The molecule has 0 fully saturated rings. The molecule has 1 aromatic heterocycles. The molecule has 1 N–H and O–H groups in total. The van der Waals surface area contributed by atoms with E-state index in [0.29, 0.717) is 23.5 Å². The summed E-state index contributed by atoms with van der Waals surface area (Å²) in [4.78, 5) is 24.4. The van der Waals surface area contributed by atoms with E-state index in [-0.39, 0.29) is 10.8 Å². The van der Waals surface area contributed by atoms with Gasteiger partial charge in [-0.3, -0.25) is 13.9 Å². The first-order valence-corrected chi connectivity index (χ1v) is 11.9. The number of hydrogen-bond donors (Lipinski definition) is 1. The van der Waals surface area contributed by atoms with Crippen molar-refractivity contribution in [1.29, 1.82) is 0 Å². The highest BCUT2D eigenvalue weighted by molar-refractivity contribution is 7.92. The van der Waals surface area contributed by atoms with Crippen molar-refractivity contribution in [2.24, 2.45) is 7.05 Å². The van der Waals surface area contributed by atoms with Crippen LogP contribution in [0.5, 0.6) is 5.75 Å². The lowest BCUT2D eigenvalue weighted by Crippen LogP contribution is -2.32. The number of amides is 1. The number of rotatable bonds is 7. The molecule has 30 heavy (non-hydrogen) atoms. The van der Waals surface area contributed by atoms with Gasteiger partial charge in [-0.1, -0.05) is 18.3 Å². The summed E-state index contributed by atoms with van der Waals surface area (Å²) in [5.74, 6) is 0.150. The monoisotopic (exact) mass is 449 g/mol. The van der Waals surface area contributed by atoms with Crippen molar-refractivity contribution in [2.75, 3.05) is 22.9 Å². The molecule has 1 atom stereocenters. The first-order chi connectivity index (χ1) is 14.1. The van der Waals surface area contributed by atoms with E-state index < -0.39 is 16.1 Å². The van der Waals surface area contributed by atoms with Gasteiger partial charge < -0.3 is 14.6 Å². The molecular formula is C20H23N3O5S2. The molecule has 8 nitrogen and oxygen atoms in total. The molecule has 0 aliphatic carbocycles. The SMILES string of the molecule is CCC(Oc1ccc(N(C)S(C)(=O)=O)cc1)C(=O)Nc1ccc2c(c1)sc(=O)n2C. The number of hydrogen-bond acceptors (Lipinski definition) is 6. The smallest absolute Gasteiger partial charge is 0.307 e. The first kappa shape index (κ1) is 21.8. The second kappa shape index (κ2) is 8.49. The van der Waals surface area contributed by atoms with Crippen LogP contribution in [-0.2, 0) is 21.9 Å². The largest absolute Gasteiger partial charge is 0.481 e. The molecule has 1 unspecified atom stereocenters. The van der Waals surface area contributed by atoms with Crippen molar-refractivity contribution < 1.29 is 17.9 Å². The van der Waals surface area contributed by atoms with Gasteiger partial charge >= 0.3 is 4.87 Å². The first-order valence-electron chi connectivity index (χ1n) is 9.21. The maximum absolute atomic E-state index is 12.7. The van der Waals surface area contributed by atoms with Crippen LogP contribution in [0.2, 0.25) is 0 Å². The lowest BCUT2D eigenvalue weighted by atomic mass is 10.2. The minimum atomic E-state index is -3.35. The molecule has 1 heterocycles. The summed E-state index contributed by atoms with van der Waals surface area (Å²) in [7, 11) is -0.180. The average Bonchev–Trinajstić information content (AvgIpc) is 2.98. The lowest BCUT2D eigenvalue weighted by molar-refractivity contribution is -0.122. The fourth-order valence-electron chi connectivity index (χ4n) is 2.85. The second-order valence-corrected chi connectivity index (χ2v) is 9.84. The van der Waals surface area contributed by atoms with E-state index in [1.807, 2.05) is 6.92 Å². The number of aryl methyl sites for hydroxylation is 1. The zero-order chi connectivity index (χ0) is 22.1. The summed E-state index contributed by atoms with van der Waals surface area (Å²) < 4.78 is 32.6. The van der Waals surface area contributed by atoms with E-state index in [9.17, 15) is 18.0 Å².